The van der Waals surface area contributed by atoms with Gasteiger partial charge < -0.3 is 9.80 Å². The second-order valence-corrected chi connectivity index (χ2v) is 15.1. The Balaban J connectivity index is 1.21. The summed E-state index contributed by atoms with van der Waals surface area (Å²) < 4.78 is 0. The maximum absolute atomic E-state index is 2.51. The SMILES string of the molecule is CC1(C)c2ccccc2-c2cc3c(cc21)N(c1cccc2c(N4c5ccccc5Sc5ccccc54)cccc12)c1ccccc1S3. The van der Waals surface area contributed by atoms with Gasteiger partial charge in [-0.2, -0.15) is 0 Å². The van der Waals surface area contributed by atoms with Crippen molar-refractivity contribution in [2.45, 2.75) is 38.8 Å². The molecular weight excluding hydrogens is 609 g/mol. The summed E-state index contributed by atoms with van der Waals surface area (Å²) in [5.74, 6) is 0. The molecule has 2 nitrogen and oxygen atoms in total. The van der Waals surface area contributed by atoms with Crippen LogP contribution in [-0.2, 0) is 5.41 Å². The van der Waals surface area contributed by atoms with Gasteiger partial charge in [-0.05, 0) is 82.9 Å². The zero-order valence-corrected chi connectivity index (χ0v) is 27.7. The van der Waals surface area contributed by atoms with Gasteiger partial charge in [-0.25, -0.2) is 0 Å². The van der Waals surface area contributed by atoms with Gasteiger partial charge in [-0.1, -0.05) is 122 Å². The molecule has 2 aliphatic heterocycles. The van der Waals surface area contributed by atoms with Gasteiger partial charge in [0.2, 0.25) is 0 Å². The van der Waals surface area contributed by atoms with Gasteiger partial charge >= 0.3 is 0 Å². The maximum Gasteiger partial charge on any atom is 0.0605 e. The zero-order chi connectivity index (χ0) is 31.3. The summed E-state index contributed by atoms with van der Waals surface area (Å²) in [5.41, 5.74) is 12.7. The quantitative estimate of drug-likeness (QED) is 0.186. The standard InChI is InChI=1S/C43H30N2S2/c1-43(2)31-16-4-3-13-27(31)30-25-42-38(26-32(30)43)45(37-19-7-10-24-41(37)47-42)34-21-12-14-28-29(34)15-11-20-33(28)44-35-17-5-8-22-39(35)46-40-23-9-6-18-36(40)44/h3-26H,1-2H3. The van der Waals surface area contributed by atoms with Crippen LogP contribution < -0.4 is 9.80 Å². The van der Waals surface area contributed by atoms with Gasteiger partial charge in [0.25, 0.3) is 0 Å². The number of nitrogens with zero attached hydrogens (tertiary/aromatic N) is 2. The first-order chi connectivity index (χ1) is 23.1. The number of rotatable bonds is 2. The highest BCUT2D eigenvalue weighted by Gasteiger charge is 2.38. The van der Waals surface area contributed by atoms with E-state index in [1.807, 2.05) is 23.5 Å². The normalized spacial score (nSPS) is 14.9. The largest absolute Gasteiger partial charge is 0.308 e. The molecule has 4 heteroatoms. The third kappa shape index (κ3) is 3.89. The van der Waals surface area contributed by atoms with Gasteiger partial charge in [0.05, 0.1) is 34.1 Å². The van der Waals surface area contributed by atoms with Crippen molar-refractivity contribution < 1.29 is 0 Å². The third-order valence-electron chi connectivity index (χ3n) is 10.0. The van der Waals surface area contributed by atoms with Crippen molar-refractivity contribution in [1.82, 2.24) is 0 Å². The van der Waals surface area contributed by atoms with Crippen LogP contribution in [0.5, 0.6) is 0 Å². The fourth-order valence-electron chi connectivity index (χ4n) is 7.84. The summed E-state index contributed by atoms with van der Waals surface area (Å²) in [5, 5.41) is 2.46. The second-order valence-electron chi connectivity index (χ2n) is 13.0. The van der Waals surface area contributed by atoms with Crippen molar-refractivity contribution in [3.63, 3.8) is 0 Å². The average molecular weight is 639 g/mol. The van der Waals surface area contributed by atoms with Crippen LogP contribution in [0.4, 0.5) is 34.1 Å². The van der Waals surface area contributed by atoms with Crippen molar-refractivity contribution in [2.24, 2.45) is 0 Å². The molecule has 0 N–H and O–H groups in total. The van der Waals surface area contributed by atoms with E-state index in [0.29, 0.717) is 0 Å². The summed E-state index contributed by atoms with van der Waals surface area (Å²) in [6, 6.07) is 53.8. The van der Waals surface area contributed by atoms with Crippen molar-refractivity contribution in [3.8, 4) is 11.1 Å². The minimum Gasteiger partial charge on any atom is -0.308 e. The number of para-hydroxylation sites is 3. The molecule has 0 amide bonds. The molecule has 0 unspecified atom stereocenters. The summed E-state index contributed by atoms with van der Waals surface area (Å²) >= 11 is 3.73. The topological polar surface area (TPSA) is 6.48 Å². The van der Waals surface area contributed by atoms with E-state index in [9.17, 15) is 0 Å². The van der Waals surface area contributed by atoms with Gasteiger partial charge in [-0.15, -0.1) is 0 Å². The van der Waals surface area contributed by atoms with Crippen molar-refractivity contribution in [1.29, 1.82) is 0 Å². The Morgan fingerprint density at radius 3 is 1.45 bits per heavy atom. The molecule has 47 heavy (non-hydrogen) atoms. The molecule has 0 radical (unpaired) electrons. The lowest BCUT2D eigenvalue weighted by Crippen LogP contribution is -2.19. The lowest BCUT2D eigenvalue weighted by molar-refractivity contribution is 0.660. The zero-order valence-electron chi connectivity index (χ0n) is 26.1. The molecule has 1 aliphatic carbocycles. The van der Waals surface area contributed by atoms with E-state index in [1.54, 1.807) is 0 Å². The van der Waals surface area contributed by atoms with Crippen LogP contribution in [0.2, 0.25) is 0 Å². The molecule has 0 aromatic heterocycles. The molecule has 10 rings (SSSR count). The molecule has 3 aliphatic rings. The molecule has 0 atom stereocenters. The highest BCUT2D eigenvalue weighted by Crippen LogP contribution is 2.59. The van der Waals surface area contributed by atoms with Crippen LogP contribution in [0.1, 0.15) is 25.0 Å². The molecule has 7 aromatic rings. The minimum atomic E-state index is -0.0762. The predicted octanol–water partition coefficient (Wildman–Crippen LogP) is 13.0. The van der Waals surface area contributed by atoms with Crippen LogP contribution in [0.3, 0.4) is 0 Å². The van der Waals surface area contributed by atoms with Crippen LogP contribution >= 0.6 is 23.5 Å². The molecule has 224 valence electrons. The molecule has 0 spiro atoms. The molecule has 7 aromatic carbocycles. The van der Waals surface area contributed by atoms with E-state index in [4.69, 9.17) is 0 Å². The smallest absolute Gasteiger partial charge is 0.0605 e. The molecular formula is C43H30N2S2. The van der Waals surface area contributed by atoms with Gasteiger partial charge in [0.1, 0.15) is 0 Å². The third-order valence-corrected chi connectivity index (χ3v) is 12.3. The first-order valence-corrected chi connectivity index (χ1v) is 17.7. The lowest BCUT2D eigenvalue weighted by Gasteiger charge is -2.36. The van der Waals surface area contributed by atoms with Crippen molar-refractivity contribution in [2.75, 3.05) is 9.80 Å². The van der Waals surface area contributed by atoms with E-state index in [-0.39, 0.29) is 5.41 Å². The lowest BCUT2D eigenvalue weighted by atomic mass is 9.82. The van der Waals surface area contributed by atoms with E-state index in [2.05, 4.69) is 169 Å². The van der Waals surface area contributed by atoms with E-state index >= 15 is 0 Å². The fourth-order valence-corrected chi connectivity index (χ4v) is 9.98. The Morgan fingerprint density at radius 1 is 0.383 bits per heavy atom. The van der Waals surface area contributed by atoms with Crippen molar-refractivity contribution >= 4 is 68.4 Å². The van der Waals surface area contributed by atoms with Crippen LogP contribution in [0.15, 0.2) is 165 Å². The summed E-state index contributed by atoms with van der Waals surface area (Å²) in [7, 11) is 0. The number of benzene rings is 7. The van der Waals surface area contributed by atoms with Crippen LogP contribution in [-0.4, -0.2) is 0 Å². The van der Waals surface area contributed by atoms with E-state index in [1.165, 1.54) is 86.7 Å². The number of hydrogen-bond acceptors (Lipinski definition) is 4. The Labute approximate surface area is 283 Å². The Bertz CT molecular complexity index is 2380. The minimum absolute atomic E-state index is 0.0762. The fraction of sp³-hybridized carbons (Fsp3) is 0.0698. The van der Waals surface area contributed by atoms with Crippen molar-refractivity contribution in [3.05, 3.63) is 157 Å². The molecule has 0 bridgehead atoms. The van der Waals surface area contributed by atoms with E-state index < -0.39 is 0 Å². The van der Waals surface area contributed by atoms with Gasteiger partial charge in [-0.3, -0.25) is 0 Å². The Kier molecular flexibility index (Phi) is 5.82. The number of anilines is 6. The molecule has 2 heterocycles. The summed E-state index contributed by atoms with van der Waals surface area (Å²) in [6.45, 7) is 4.74. The number of fused-ring (bicyclic) bond motifs is 8. The highest BCUT2D eigenvalue weighted by atomic mass is 32.2. The Morgan fingerprint density at radius 2 is 0.851 bits per heavy atom. The average Bonchev–Trinajstić information content (AvgIpc) is 3.33. The van der Waals surface area contributed by atoms with E-state index in [0.717, 1.165) is 0 Å². The molecule has 0 fully saturated rings. The molecule has 0 saturated carbocycles. The molecule has 0 saturated heterocycles. The first-order valence-electron chi connectivity index (χ1n) is 16.1. The maximum atomic E-state index is 2.51. The Hall–Kier alpha value is -4.90. The van der Waals surface area contributed by atoms with Crippen LogP contribution in [0.25, 0.3) is 21.9 Å². The predicted molar refractivity (Wildman–Crippen MR) is 199 cm³/mol. The van der Waals surface area contributed by atoms with Crippen LogP contribution in [0, 0.1) is 0 Å². The first kappa shape index (κ1) is 27.2. The summed E-state index contributed by atoms with van der Waals surface area (Å²) in [4.78, 5) is 10.1. The monoisotopic (exact) mass is 638 g/mol. The summed E-state index contributed by atoms with van der Waals surface area (Å²) in [6.07, 6.45) is 0. The second kappa shape index (κ2) is 10.0. The highest BCUT2D eigenvalue weighted by molar-refractivity contribution is 8.00. The van der Waals surface area contributed by atoms with Gasteiger partial charge in [0, 0.05) is 35.8 Å². The number of hydrogen-bond donors (Lipinski definition) is 0. The van der Waals surface area contributed by atoms with Gasteiger partial charge in [0.15, 0.2) is 0 Å².